The van der Waals surface area contributed by atoms with Gasteiger partial charge >= 0.3 is 0 Å². The van der Waals surface area contributed by atoms with Crippen LogP contribution < -0.4 is 0 Å². The summed E-state index contributed by atoms with van der Waals surface area (Å²) in [7, 11) is -3.85. The minimum atomic E-state index is -3.85. The number of hydrogen-bond acceptors (Lipinski definition) is 3. The summed E-state index contributed by atoms with van der Waals surface area (Å²) in [5.41, 5.74) is 1.62. The molecule has 0 spiro atoms. The summed E-state index contributed by atoms with van der Waals surface area (Å²) in [5.74, 6) is -0.234. The second-order valence-electron chi connectivity index (χ2n) is 6.24. The SMILES string of the molecule is CCN(CC)C(=O)CN(Cc1ccccc1Cl)S(=O)(=O)c1ccc(C)cc1. The van der Waals surface area contributed by atoms with Gasteiger partial charge in [-0.15, -0.1) is 0 Å². The Labute approximate surface area is 166 Å². The van der Waals surface area contributed by atoms with Gasteiger partial charge in [0.15, 0.2) is 0 Å². The first-order valence-electron chi connectivity index (χ1n) is 8.87. The highest BCUT2D eigenvalue weighted by Gasteiger charge is 2.28. The molecule has 0 saturated heterocycles. The van der Waals surface area contributed by atoms with Crippen LogP contribution in [0.2, 0.25) is 5.02 Å². The van der Waals surface area contributed by atoms with Crippen LogP contribution in [0.1, 0.15) is 25.0 Å². The smallest absolute Gasteiger partial charge is 0.243 e. The van der Waals surface area contributed by atoms with E-state index >= 15 is 0 Å². The molecule has 0 saturated carbocycles. The fourth-order valence-electron chi connectivity index (χ4n) is 2.73. The van der Waals surface area contributed by atoms with Crippen LogP contribution in [-0.4, -0.2) is 43.2 Å². The van der Waals surface area contributed by atoms with E-state index < -0.39 is 10.0 Å². The van der Waals surface area contributed by atoms with Gasteiger partial charge in [0.1, 0.15) is 0 Å². The Morgan fingerprint density at radius 3 is 2.15 bits per heavy atom. The highest BCUT2D eigenvalue weighted by molar-refractivity contribution is 7.89. The van der Waals surface area contributed by atoms with Crippen molar-refractivity contribution in [2.24, 2.45) is 0 Å². The molecule has 0 aromatic heterocycles. The van der Waals surface area contributed by atoms with E-state index in [4.69, 9.17) is 11.6 Å². The molecule has 1 amide bonds. The van der Waals surface area contributed by atoms with Crippen molar-refractivity contribution in [2.75, 3.05) is 19.6 Å². The first-order chi connectivity index (χ1) is 12.8. The maximum atomic E-state index is 13.2. The maximum Gasteiger partial charge on any atom is 0.243 e. The lowest BCUT2D eigenvalue weighted by molar-refractivity contribution is -0.131. The molecular formula is C20H25ClN2O3S. The Bertz CT molecular complexity index is 878. The Balaban J connectivity index is 2.40. The van der Waals surface area contributed by atoms with Gasteiger partial charge in [-0.05, 0) is 44.5 Å². The van der Waals surface area contributed by atoms with E-state index in [1.54, 1.807) is 53.4 Å². The van der Waals surface area contributed by atoms with Crippen molar-refractivity contribution < 1.29 is 13.2 Å². The third kappa shape index (κ3) is 5.31. The van der Waals surface area contributed by atoms with Gasteiger partial charge in [-0.25, -0.2) is 8.42 Å². The van der Waals surface area contributed by atoms with Crippen LogP contribution in [0.15, 0.2) is 53.4 Å². The molecule has 7 heteroatoms. The van der Waals surface area contributed by atoms with E-state index in [0.29, 0.717) is 23.7 Å². The molecule has 2 rings (SSSR count). The molecule has 0 radical (unpaired) electrons. The van der Waals surface area contributed by atoms with Crippen LogP contribution in [0.5, 0.6) is 0 Å². The number of carbonyl (C=O) groups excluding carboxylic acids is 1. The third-order valence-electron chi connectivity index (χ3n) is 4.39. The predicted octanol–water partition coefficient (Wildman–Crippen LogP) is 3.71. The normalized spacial score (nSPS) is 11.6. The molecule has 0 heterocycles. The van der Waals surface area contributed by atoms with Gasteiger partial charge in [-0.3, -0.25) is 4.79 Å². The monoisotopic (exact) mass is 408 g/mol. The number of benzene rings is 2. The molecule has 2 aromatic rings. The average molecular weight is 409 g/mol. The van der Waals surface area contributed by atoms with Gasteiger partial charge in [0.05, 0.1) is 11.4 Å². The summed E-state index contributed by atoms with van der Waals surface area (Å²) < 4.78 is 27.6. The minimum Gasteiger partial charge on any atom is -0.342 e. The molecule has 0 aliphatic carbocycles. The number of likely N-dealkylation sites (N-methyl/N-ethyl adjacent to an activating group) is 1. The van der Waals surface area contributed by atoms with Crippen LogP contribution in [0.3, 0.4) is 0 Å². The topological polar surface area (TPSA) is 57.7 Å². The van der Waals surface area contributed by atoms with Gasteiger partial charge in [0.2, 0.25) is 15.9 Å². The van der Waals surface area contributed by atoms with Crippen LogP contribution in [0.25, 0.3) is 0 Å². The van der Waals surface area contributed by atoms with Gasteiger partial charge < -0.3 is 4.90 Å². The van der Waals surface area contributed by atoms with Crippen molar-refractivity contribution in [3.05, 3.63) is 64.7 Å². The first-order valence-corrected chi connectivity index (χ1v) is 10.7. The van der Waals surface area contributed by atoms with Crippen molar-refractivity contribution in [1.82, 2.24) is 9.21 Å². The van der Waals surface area contributed by atoms with Gasteiger partial charge in [0, 0.05) is 24.7 Å². The zero-order chi connectivity index (χ0) is 20.0. The molecule has 0 aliphatic rings. The van der Waals surface area contributed by atoms with E-state index in [9.17, 15) is 13.2 Å². The van der Waals surface area contributed by atoms with Gasteiger partial charge in [0.25, 0.3) is 0 Å². The zero-order valence-electron chi connectivity index (χ0n) is 15.9. The second-order valence-corrected chi connectivity index (χ2v) is 8.59. The number of sulfonamides is 1. The van der Waals surface area contributed by atoms with Crippen LogP contribution in [-0.2, 0) is 21.4 Å². The molecule has 0 N–H and O–H groups in total. The van der Waals surface area contributed by atoms with Crippen molar-refractivity contribution in [1.29, 1.82) is 0 Å². The Kier molecular flexibility index (Phi) is 7.41. The highest BCUT2D eigenvalue weighted by Crippen LogP contribution is 2.23. The van der Waals surface area contributed by atoms with Crippen molar-refractivity contribution >= 4 is 27.5 Å². The zero-order valence-corrected chi connectivity index (χ0v) is 17.4. The Morgan fingerprint density at radius 2 is 1.59 bits per heavy atom. The Morgan fingerprint density at radius 1 is 1.00 bits per heavy atom. The molecule has 0 unspecified atom stereocenters. The predicted molar refractivity (Wildman–Crippen MR) is 108 cm³/mol. The Hall–Kier alpha value is -1.89. The molecule has 5 nitrogen and oxygen atoms in total. The van der Waals surface area contributed by atoms with Crippen LogP contribution >= 0.6 is 11.6 Å². The summed E-state index contributed by atoms with van der Waals surface area (Å²) in [6.07, 6.45) is 0. The summed E-state index contributed by atoms with van der Waals surface area (Å²) in [6, 6.07) is 13.7. The lowest BCUT2D eigenvalue weighted by Gasteiger charge is -2.26. The van der Waals surface area contributed by atoms with Crippen LogP contribution in [0, 0.1) is 6.92 Å². The highest BCUT2D eigenvalue weighted by atomic mass is 35.5. The summed E-state index contributed by atoms with van der Waals surface area (Å²) >= 11 is 6.22. The number of halogens is 1. The standard InChI is InChI=1S/C20H25ClN2O3S/c1-4-22(5-2)20(24)15-23(14-17-8-6-7-9-19(17)21)27(25,26)18-12-10-16(3)11-13-18/h6-13H,4-5,14-15H2,1-3H3. The summed E-state index contributed by atoms with van der Waals surface area (Å²) in [5, 5.41) is 0.469. The average Bonchev–Trinajstić information content (AvgIpc) is 2.64. The molecule has 2 aromatic carbocycles. The number of nitrogens with zero attached hydrogens (tertiary/aromatic N) is 2. The van der Waals surface area contributed by atoms with E-state index in [2.05, 4.69) is 0 Å². The van der Waals surface area contributed by atoms with Crippen molar-refractivity contribution in [3.8, 4) is 0 Å². The van der Waals surface area contributed by atoms with E-state index in [-0.39, 0.29) is 23.9 Å². The molecule has 27 heavy (non-hydrogen) atoms. The number of carbonyl (C=O) groups is 1. The fraction of sp³-hybridized carbons (Fsp3) is 0.350. The number of aryl methyl sites for hydroxylation is 1. The van der Waals surface area contributed by atoms with Crippen molar-refractivity contribution in [2.45, 2.75) is 32.2 Å². The van der Waals surface area contributed by atoms with Crippen molar-refractivity contribution in [3.63, 3.8) is 0 Å². The fourth-order valence-corrected chi connectivity index (χ4v) is 4.29. The van der Waals surface area contributed by atoms with E-state index in [1.165, 1.54) is 4.31 Å². The quantitative estimate of drug-likeness (QED) is 0.669. The maximum absolute atomic E-state index is 13.2. The summed E-state index contributed by atoms with van der Waals surface area (Å²) in [6.45, 7) is 6.48. The minimum absolute atomic E-state index is 0.0306. The van der Waals surface area contributed by atoms with Gasteiger partial charge in [-0.1, -0.05) is 47.5 Å². The van der Waals surface area contributed by atoms with E-state index in [0.717, 1.165) is 5.56 Å². The van der Waals surface area contributed by atoms with E-state index in [1.807, 2.05) is 20.8 Å². The largest absolute Gasteiger partial charge is 0.342 e. The van der Waals surface area contributed by atoms with Gasteiger partial charge in [-0.2, -0.15) is 4.31 Å². The molecule has 146 valence electrons. The number of amides is 1. The third-order valence-corrected chi connectivity index (χ3v) is 6.57. The molecule has 0 aliphatic heterocycles. The first kappa shape index (κ1) is 21.4. The molecule has 0 fully saturated rings. The summed E-state index contributed by atoms with van der Waals surface area (Å²) in [4.78, 5) is 14.4. The molecule has 0 bridgehead atoms. The molecular weight excluding hydrogens is 384 g/mol. The lowest BCUT2D eigenvalue weighted by atomic mass is 10.2. The number of hydrogen-bond donors (Lipinski definition) is 0. The lowest BCUT2D eigenvalue weighted by Crippen LogP contribution is -2.42. The van der Waals surface area contributed by atoms with Crippen LogP contribution in [0.4, 0.5) is 0 Å². The molecule has 0 atom stereocenters. The number of rotatable bonds is 8. The second kappa shape index (κ2) is 9.35.